The summed E-state index contributed by atoms with van der Waals surface area (Å²) < 4.78 is 1.88. The van der Waals surface area contributed by atoms with Crippen LogP contribution in [0.4, 0.5) is 0 Å². The molecule has 0 unspecified atom stereocenters. The molecule has 17 heavy (non-hydrogen) atoms. The van der Waals surface area contributed by atoms with Crippen molar-refractivity contribution in [1.82, 2.24) is 15.0 Å². The quantitative estimate of drug-likeness (QED) is 0.692. The molecule has 0 radical (unpaired) electrons. The standard InChI is InChI=1S/C13H10ClN3/c14-11-6-7-13-12(8-11)15-16-17(13)9-10-4-2-1-3-5-10/h1-8H,9H2. The first kappa shape index (κ1) is 10.3. The minimum absolute atomic E-state index is 0.685. The van der Waals surface area contributed by atoms with Crippen LogP contribution in [0.1, 0.15) is 5.56 Å². The molecule has 0 saturated heterocycles. The molecule has 0 bridgehead atoms. The van der Waals surface area contributed by atoms with E-state index in [4.69, 9.17) is 11.6 Å². The molecule has 0 aliphatic heterocycles. The van der Waals surface area contributed by atoms with Crippen LogP contribution in [-0.2, 0) is 6.54 Å². The van der Waals surface area contributed by atoms with Gasteiger partial charge in [-0.1, -0.05) is 47.1 Å². The zero-order valence-electron chi connectivity index (χ0n) is 9.05. The normalized spacial score (nSPS) is 10.9. The zero-order valence-corrected chi connectivity index (χ0v) is 9.80. The van der Waals surface area contributed by atoms with Crippen LogP contribution in [0.15, 0.2) is 48.5 Å². The topological polar surface area (TPSA) is 30.7 Å². The second-order valence-electron chi connectivity index (χ2n) is 3.87. The summed E-state index contributed by atoms with van der Waals surface area (Å²) in [4.78, 5) is 0. The van der Waals surface area contributed by atoms with Gasteiger partial charge in [0, 0.05) is 5.02 Å². The first-order valence-corrected chi connectivity index (χ1v) is 5.73. The Kier molecular flexibility index (Phi) is 2.53. The molecule has 84 valence electrons. The third kappa shape index (κ3) is 2.01. The molecular formula is C13H10ClN3. The summed E-state index contributed by atoms with van der Waals surface area (Å²) in [5, 5.41) is 8.93. The van der Waals surface area contributed by atoms with Gasteiger partial charge in [-0.15, -0.1) is 5.10 Å². The van der Waals surface area contributed by atoms with E-state index >= 15 is 0 Å². The summed E-state index contributed by atoms with van der Waals surface area (Å²) in [5.41, 5.74) is 3.03. The molecule has 0 amide bonds. The van der Waals surface area contributed by atoms with Gasteiger partial charge in [0.15, 0.2) is 0 Å². The Balaban J connectivity index is 2.01. The number of nitrogens with zero attached hydrogens (tertiary/aromatic N) is 3. The number of halogens is 1. The molecule has 0 fully saturated rings. The minimum Gasteiger partial charge on any atom is -0.240 e. The average Bonchev–Trinajstić information content (AvgIpc) is 2.73. The Bertz CT molecular complexity index is 646. The first-order valence-electron chi connectivity index (χ1n) is 5.35. The van der Waals surface area contributed by atoms with Crippen LogP contribution in [0.25, 0.3) is 11.0 Å². The summed E-state index contributed by atoms with van der Waals surface area (Å²) in [6.45, 7) is 0.721. The van der Waals surface area contributed by atoms with E-state index in [0.29, 0.717) is 5.02 Å². The molecule has 4 heteroatoms. The largest absolute Gasteiger partial charge is 0.240 e. The smallest absolute Gasteiger partial charge is 0.114 e. The van der Waals surface area contributed by atoms with Gasteiger partial charge >= 0.3 is 0 Å². The highest BCUT2D eigenvalue weighted by Gasteiger charge is 2.04. The van der Waals surface area contributed by atoms with Crippen molar-refractivity contribution in [3.05, 3.63) is 59.1 Å². The van der Waals surface area contributed by atoms with Crippen molar-refractivity contribution in [2.75, 3.05) is 0 Å². The van der Waals surface area contributed by atoms with Crippen LogP contribution >= 0.6 is 11.6 Å². The fourth-order valence-corrected chi connectivity index (χ4v) is 1.98. The zero-order chi connectivity index (χ0) is 11.7. The van der Waals surface area contributed by atoms with E-state index in [-0.39, 0.29) is 0 Å². The van der Waals surface area contributed by atoms with Gasteiger partial charge in [0.25, 0.3) is 0 Å². The highest BCUT2D eigenvalue weighted by molar-refractivity contribution is 6.31. The second kappa shape index (κ2) is 4.18. The summed E-state index contributed by atoms with van der Waals surface area (Å²) in [7, 11) is 0. The number of hydrogen-bond donors (Lipinski definition) is 0. The molecule has 0 N–H and O–H groups in total. The third-order valence-electron chi connectivity index (χ3n) is 2.65. The summed E-state index contributed by atoms with van der Waals surface area (Å²) in [6.07, 6.45) is 0. The van der Waals surface area contributed by atoms with Crippen molar-refractivity contribution in [1.29, 1.82) is 0 Å². The van der Waals surface area contributed by atoms with Crippen molar-refractivity contribution < 1.29 is 0 Å². The molecule has 3 nitrogen and oxygen atoms in total. The van der Waals surface area contributed by atoms with E-state index in [1.54, 1.807) is 0 Å². The minimum atomic E-state index is 0.685. The van der Waals surface area contributed by atoms with Crippen molar-refractivity contribution in [2.45, 2.75) is 6.54 Å². The SMILES string of the molecule is Clc1ccc2c(c1)nnn2Cc1ccccc1. The van der Waals surface area contributed by atoms with Crippen molar-refractivity contribution in [3.8, 4) is 0 Å². The van der Waals surface area contributed by atoms with Crippen LogP contribution in [0.5, 0.6) is 0 Å². The molecule has 0 aliphatic carbocycles. The second-order valence-corrected chi connectivity index (χ2v) is 4.30. The molecule has 3 aromatic rings. The van der Waals surface area contributed by atoms with E-state index in [1.165, 1.54) is 5.56 Å². The van der Waals surface area contributed by atoms with Gasteiger partial charge < -0.3 is 0 Å². The van der Waals surface area contributed by atoms with E-state index in [0.717, 1.165) is 17.6 Å². The van der Waals surface area contributed by atoms with Gasteiger partial charge in [-0.3, -0.25) is 0 Å². The number of hydrogen-bond acceptors (Lipinski definition) is 2. The Morgan fingerprint density at radius 2 is 1.88 bits per heavy atom. The highest BCUT2D eigenvalue weighted by atomic mass is 35.5. The van der Waals surface area contributed by atoms with Gasteiger partial charge in [-0.2, -0.15) is 0 Å². The molecule has 3 rings (SSSR count). The molecule has 0 saturated carbocycles. The van der Waals surface area contributed by atoms with E-state index in [2.05, 4.69) is 22.4 Å². The highest BCUT2D eigenvalue weighted by Crippen LogP contribution is 2.17. The molecule has 1 heterocycles. The lowest BCUT2D eigenvalue weighted by atomic mass is 10.2. The lowest BCUT2D eigenvalue weighted by molar-refractivity contribution is 0.670. The van der Waals surface area contributed by atoms with Gasteiger partial charge in [0.05, 0.1) is 12.1 Å². The Morgan fingerprint density at radius 3 is 2.71 bits per heavy atom. The van der Waals surface area contributed by atoms with Crippen LogP contribution < -0.4 is 0 Å². The fourth-order valence-electron chi connectivity index (χ4n) is 1.82. The number of benzene rings is 2. The van der Waals surface area contributed by atoms with E-state index in [1.807, 2.05) is 41.1 Å². The van der Waals surface area contributed by atoms with Crippen LogP contribution in [-0.4, -0.2) is 15.0 Å². The summed E-state index contributed by atoms with van der Waals surface area (Å²) in [5.74, 6) is 0. The molecule has 0 aliphatic rings. The Hall–Kier alpha value is -1.87. The summed E-state index contributed by atoms with van der Waals surface area (Å²) >= 11 is 5.91. The van der Waals surface area contributed by atoms with E-state index in [9.17, 15) is 0 Å². The van der Waals surface area contributed by atoms with Crippen molar-refractivity contribution in [2.24, 2.45) is 0 Å². The predicted octanol–water partition coefficient (Wildman–Crippen LogP) is 3.13. The molecular weight excluding hydrogens is 234 g/mol. The van der Waals surface area contributed by atoms with Gasteiger partial charge in [-0.25, -0.2) is 4.68 Å². The lowest BCUT2D eigenvalue weighted by Crippen LogP contribution is -2.01. The van der Waals surface area contributed by atoms with Crippen LogP contribution in [0.3, 0.4) is 0 Å². The lowest BCUT2D eigenvalue weighted by Gasteiger charge is -2.02. The third-order valence-corrected chi connectivity index (χ3v) is 2.89. The molecule has 2 aromatic carbocycles. The predicted molar refractivity (Wildman–Crippen MR) is 68.1 cm³/mol. The summed E-state index contributed by atoms with van der Waals surface area (Å²) in [6, 6.07) is 15.8. The van der Waals surface area contributed by atoms with Gasteiger partial charge in [0.2, 0.25) is 0 Å². The number of fused-ring (bicyclic) bond motifs is 1. The Labute approximate surface area is 104 Å². The maximum Gasteiger partial charge on any atom is 0.114 e. The molecule has 0 spiro atoms. The van der Waals surface area contributed by atoms with Gasteiger partial charge in [0.1, 0.15) is 5.52 Å². The van der Waals surface area contributed by atoms with Crippen LogP contribution in [0.2, 0.25) is 5.02 Å². The van der Waals surface area contributed by atoms with Crippen LogP contribution in [0, 0.1) is 0 Å². The van der Waals surface area contributed by atoms with Crippen molar-refractivity contribution >= 4 is 22.6 Å². The first-order chi connectivity index (χ1) is 8.33. The number of aromatic nitrogens is 3. The molecule has 0 atom stereocenters. The van der Waals surface area contributed by atoms with E-state index < -0.39 is 0 Å². The van der Waals surface area contributed by atoms with Crippen molar-refractivity contribution in [3.63, 3.8) is 0 Å². The average molecular weight is 244 g/mol. The molecule has 1 aromatic heterocycles. The maximum absolute atomic E-state index is 5.91. The monoisotopic (exact) mass is 243 g/mol. The van der Waals surface area contributed by atoms with Gasteiger partial charge in [-0.05, 0) is 23.8 Å². The number of rotatable bonds is 2. The maximum atomic E-state index is 5.91. The fraction of sp³-hybridized carbons (Fsp3) is 0.0769. The Morgan fingerprint density at radius 1 is 1.06 bits per heavy atom.